The molecule has 7 heavy (non-hydrogen) atoms. The molecule has 44 valence electrons. The lowest BCUT2D eigenvalue weighted by Crippen LogP contribution is -2.29. The molecule has 0 amide bonds. The maximum Gasteiger partial charge on any atom is 0.0138 e. The van der Waals surface area contributed by atoms with Crippen LogP contribution in [0.3, 0.4) is 0 Å². The normalized spacial score (nSPS) is 15.0. The predicted octanol–water partition coefficient (Wildman–Crippen LogP) is -0.105. The van der Waals surface area contributed by atoms with Crippen molar-refractivity contribution < 1.29 is 0 Å². The Balaban J connectivity index is 2.95. The van der Waals surface area contributed by atoms with E-state index in [1.54, 1.807) is 0 Å². The molecule has 0 aliphatic heterocycles. The molecule has 0 saturated heterocycles. The van der Waals surface area contributed by atoms with E-state index in [0.29, 0.717) is 6.04 Å². The van der Waals surface area contributed by atoms with Gasteiger partial charge >= 0.3 is 0 Å². The van der Waals surface area contributed by atoms with Crippen molar-refractivity contribution in [2.45, 2.75) is 13.0 Å². The fraction of sp³-hybridized carbons (Fsp3) is 1.00. The number of hydrogen-bond donors (Lipinski definition) is 1. The molecule has 0 bridgehead atoms. The van der Waals surface area contributed by atoms with Crippen LogP contribution in [0.4, 0.5) is 0 Å². The van der Waals surface area contributed by atoms with Gasteiger partial charge in [0.1, 0.15) is 0 Å². The number of nitrogens with two attached hydrogens (primary N) is 1. The van der Waals surface area contributed by atoms with Crippen LogP contribution in [0.5, 0.6) is 0 Å². The van der Waals surface area contributed by atoms with Crippen molar-refractivity contribution in [1.82, 2.24) is 4.90 Å². The standard InChI is InChI=1S/C5H14N2/c1-5(6)4-7(2)3/h5H,4,6H2,1-3H3. The molecular formula is C5H14N2. The van der Waals surface area contributed by atoms with Crippen LogP contribution in [0.25, 0.3) is 0 Å². The van der Waals surface area contributed by atoms with Crippen molar-refractivity contribution in [1.29, 1.82) is 0 Å². The van der Waals surface area contributed by atoms with Crippen LogP contribution in [-0.4, -0.2) is 31.6 Å². The first-order valence-corrected chi connectivity index (χ1v) is 2.53. The minimum atomic E-state index is 0.301. The molecule has 0 aromatic carbocycles. The van der Waals surface area contributed by atoms with E-state index in [0.717, 1.165) is 6.54 Å². The van der Waals surface area contributed by atoms with Crippen LogP contribution >= 0.6 is 0 Å². The zero-order valence-corrected chi connectivity index (χ0v) is 5.31. The third-order valence-corrected chi connectivity index (χ3v) is 0.653. The fourth-order valence-corrected chi connectivity index (χ4v) is 0.576. The van der Waals surface area contributed by atoms with Gasteiger partial charge in [-0.3, -0.25) is 0 Å². The van der Waals surface area contributed by atoms with E-state index in [1.807, 2.05) is 21.0 Å². The van der Waals surface area contributed by atoms with Crippen LogP contribution in [0.2, 0.25) is 0 Å². The zero-order chi connectivity index (χ0) is 5.86. The molecule has 0 fully saturated rings. The maximum atomic E-state index is 5.45. The summed E-state index contributed by atoms with van der Waals surface area (Å²) >= 11 is 0. The van der Waals surface area contributed by atoms with Gasteiger partial charge < -0.3 is 10.6 Å². The van der Waals surface area contributed by atoms with E-state index in [2.05, 4.69) is 4.90 Å². The highest BCUT2D eigenvalue weighted by atomic mass is 15.1. The average Bonchev–Trinajstić information content (AvgIpc) is 1.27. The lowest BCUT2D eigenvalue weighted by atomic mass is 10.3. The summed E-state index contributed by atoms with van der Waals surface area (Å²) in [6.45, 7) is 2.97. The molecule has 0 aromatic rings. The highest BCUT2D eigenvalue weighted by molar-refractivity contribution is 4.54. The number of rotatable bonds is 2. The Bertz CT molecular complexity index is 35.3. The predicted molar refractivity (Wildman–Crippen MR) is 32.2 cm³/mol. The van der Waals surface area contributed by atoms with Crippen LogP contribution in [0.15, 0.2) is 0 Å². The van der Waals surface area contributed by atoms with Gasteiger partial charge in [0.05, 0.1) is 0 Å². The minimum absolute atomic E-state index is 0.301. The molecule has 0 spiro atoms. The van der Waals surface area contributed by atoms with Crippen molar-refractivity contribution in [2.24, 2.45) is 5.73 Å². The van der Waals surface area contributed by atoms with E-state index in [9.17, 15) is 0 Å². The summed E-state index contributed by atoms with van der Waals surface area (Å²) in [7, 11) is 4.03. The van der Waals surface area contributed by atoms with Crippen LogP contribution < -0.4 is 5.73 Å². The Morgan fingerprint density at radius 3 is 2.00 bits per heavy atom. The summed E-state index contributed by atoms with van der Waals surface area (Å²) in [4.78, 5) is 2.07. The van der Waals surface area contributed by atoms with Crippen LogP contribution in [-0.2, 0) is 0 Å². The second kappa shape index (κ2) is 2.99. The summed E-state index contributed by atoms with van der Waals surface area (Å²) in [5.41, 5.74) is 5.45. The minimum Gasteiger partial charge on any atom is -0.327 e. The Kier molecular flexibility index (Phi) is 2.96. The number of likely N-dealkylation sites (N-methyl/N-ethyl adjacent to an activating group) is 1. The first kappa shape index (κ1) is 6.92. The molecule has 0 radical (unpaired) electrons. The molecule has 0 aliphatic carbocycles. The Morgan fingerprint density at radius 1 is 1.57 bits per heavy atom. The van der Waals surface area contributed by atoms with Gasteiger partial charge in [0.25, 0.3) is 0 Å². The highest BCUT2D eigenvalue weighted by Gasteiger charge is 1.92. The van der Waals surface area contributed by atoms with Gasteiger partial charge in [-0.05, 0) is 21.0 Å². The van der Waals surface area contributed by atoms with E-state index in [-0.39, 0.29) is 0 Å². The molecule has 2 heteroatoms. The molecule has 1 unspecified atom stereocenters. The van der Waals surface area contributed by atoms with E-state index in [1.165, 1.54) is 0 Å². The Labute approximate surface area is 45.3 Å². The molecule has 0 saturated carbocycles. The van der Waals surface area contributed by atoms with Crippen molar-refractivity contribution in [2.75, 3.05) is 20.6 Å². The molecule has 0 rings (SSSR count). The van der Waals surface area contributed by atoms with Gasteiger partial charge in [0.2, 0.25) is 0 Å². The molecule has 0 aromatic heterocycles. The third kappa shape index (κ3) is 5.92. The van der Waals surface area contributed by atoms with E-state index in [4.69, 9.17) is 5.73 Å². The molecule has 2 nitrogen and oxygen atoms in total. The number of hydrogen-bond acceptors (Lipinski definition) is 2. The van der Waals surface area contributed by atoms with Gasteiger partial charge in [-0.1, -0.05) is 0 Å². The summed E-state index contributed by atoms with van der Waals surface area (Å²) in [6, 6.07) is 0.301. The molecule has 0 heterocycles. The summed E-state index contributed by atoms with van der Waals surface area (Å²) in [5, 5.41) is 0. The third-order valence-electron chi connectivity index (χ3n) is 0.653. The first-order valence-electron chi connectivity index (χ1n) is 2.53. The topological polar surface area (TPSA) is 29.3 Å². The smallest absolute Gasteiger partial charge is 0.0138 e. The Morgan fingerprint density at radius 2 is 2.00 bits per heavy atom. The SMILES string of the molecule is CC(N)CN(C)C. The van der Waals surface area contributed by atoms with Crippen LogP contribution in [0.1, 0.15) is 6.92 Å². The second-order valence-corrected chi connectivity index (χ2v) is 2.24. The second-order valence-electron chi connectivity index (χ2n) is 2.24. The molecular weight excluding hydrogens is 88.1 g/mol. The van der Waals surface area contributed by atoms with Gasteiger partial charge in [0.15, 0.2) is 0 Å². The first-order chi connectivity index (χ1) is 3.13. The van der Waals surface area contributed by atoms with Crippen molar-refractivity contribution in [3.8, 4) is 0 Å². The lowest BCUT2D eigenvalue weighted by Gasteiger charge is -2.11. The van der Waals surface area contributed by atoms with Gasteiger partial charge in [-0.15, -0.1) is 0 Å². The average molecular weight is 102 g/mol. The number of nitrogens with zero attached hydrogens (tertiary/aromatic N) is 1. The zero-order valence-electron chi connectivity index (χ0n) is 5.31. The molecule has 2 N–H and O–H groups in total. The lowest BCUT2D eigenvalue weighted by molar-refractivity contribution is 0.383. The van der Waals surface area contributed by atoms with Crippen molar-refractivity contribution >= 4 is 0 Å². The van der Waals surface area contributed by atoms with Gasteiger partial charge in [0, 0.05) is 12.6 Å². The molecule has 1 atom stereocenters. The van der Waals surface area contributed by atoms with Crippen molar-refractivity contribution in [3.63, 3.8) is 0 Å². The highest BCUT2D eigenvalue weighted by Crippen LogP contribution is 1.76. The van der Waals surface area contributed by atoms with E-state index < -0.39 is 0 Å². The van der Waals surface area contributed by atoms with Gasteiger partial charge in [-0.2, -0.15) is 0 Å². The molecule has 0 aliphatic rings. The van der Waals surface area contributed by atoms with E-state index >= 15 is 0 Å². The largest absolute Gasteiger partial charge is 0.327 e. The fourth-order valence-electron chi connectivity index (χ4n) is 0.576. The summed E-state index contributed by atoms with van der Waals surface area (Å²) in [6.07, 6.45) is 0. The summed E-state index contributed by atoms with van der Waals surface area (Å²) in [5.74, 6) is 0. The monoisotopic (exact) mass is 102 g/mol. The quantitative estimate of drug-likeness (QED) is 0.527. The maximum absolute atomic E-state index is 5.45. The van der Waals surface area contributed by atoms with Gasteiger partial charge in [-0.25, -0.2) is 0 Å². The van der Waals surface area contributed by atoms with Crippen LogP contribution in [0, 0.1) is 0 Å². The van der Waals surface area contributed by atoms with Crippen molar-refractivity contribution in [3.05, 3.63) is 0 Å². The Hall–Kier alpha value is -0.0800. The summed E-state index contributed by atoms with van der Waals surface area (Å²) < 4.78 is 0.